The van der Waals surface area contributed by atoms with E-state index in [1.54, 1.807) is 21.9 Å². The molecule has 6 heteroatoms. The van der Waals surface area contributed by atoms with E-state index >= 15 is 0 Å². The molecule has 0 aromatic heterocycles. The Morgan fingerprint density at radius 2 is 1.33 bits per heavy atom. The second kappa shape index (κ2) is 8.75. The molecule has 0 radical (unpaired) electrons. The van der Waals surface area contributed by atoms with Gasteiger partial charge in [-0.05, 0) is 54.8 Å². The number of rotatable bonds is 4. The predicted molar refractivity (Wildman–Crippen MR) is 98.2 cm³/mol. The van der Waals surface area contributed by atoms with Crippen LogP contribution < -0.4 is 0 Å². The van der Waals surface area contributed by atoms with E-state index in [0.29, 0.717) is 51.0 Å². The van der Waals surface area contributed by atoms with E-state index in [1.165, 1.54) is 36.4 Å². The number of hydrogen-bond donors (Lipinski definition) is 0. The minimum absolute atomic E-state index is 0.0374. The molecule has 1 heterocycles. The van der Waals surface area contributed by atoms with Gasteiger partial charge in [0.05, 0.1) is 0 Å². The first-order valence-corrected chi connectivity index (χ1v) is 9.10. The fraction of sp³-hybridized carbons (Fsp3) is 0.333. The molecule has 27 heavy (non-hydrogen) atoms. The quantitative estimate of drug-likeness (QED) is 0.827. The van der Waals surface area contributed by atoms with Gasteiger partial charge in [-0.1, -0.05) is 12.1 Å². The molecule has 4 nitrogen and oxygen atoms in total. The third-order valence-corrected chi connectivity index (χ3v) is 4.77. The van der Waals surface area contributed by atoms with Gasteiger partial charge >= 0.3 is 0 Å². The maximum absolute atomic E-state index is 13.0. The Morgan fingerprint density at radius 3 is 2.00 bits per heavy atom. The summed E-state index contributed by atoms with van der Waals surface area (Å²) in [7, 11) is 0. The van der Waals surface area contributed by atoms with E-state index in [9.17, 15) is 18.4 Å². The van der Waals surface area contributed by atoms with Crippen LogP contribution in [0.25, 0.3) is 0 Å². The number of carbonyl (C=O) groups excluding carboxylic acids is 2. The van der Waals surface area contributed by atoms with Crippen LogP contribution >= 0.6 is 0 Å². The van der Waals surface area contributed by atoms with Crippen molar-refractivity contribution < 1.29 is 18.4 Å². The Hall–Kier alpha value is -2.76. The van der Waals surface area contributed by atoms with Gasteiger partial charge in [-0.25, -0.2) is 8.78 Å². The molecule has 0 unspecified atom stereocenters. The van der Waals surface area contributed by atoms with Crippen molar-refractivity contribution in [2.45, 2.75) is 19.3 Å². The van der Waals surface area contributed by atoms with Crippen LogP contribution in [0.3, 0.4) is 0 Å². The lowest BCUT2D eigenvalue weighted by Crippen LogP contribution is -2.37. The zero-order valence-corrected chi connectivity index (χ0v) is 15.0. The van der Waals surface area contributed by atoms with Crippen LogP contribution in [-0.4, -0.2) is 47.8 Å². The molecule has 2 aromatic rings. The minimum atomic E-state index is -0.375. The smallest absolute Gasteiger partial charge is 0.253 e. The van der Waals surface area contributed by atoms with Crippen molar-refractivity contribution in [3.05, 3.63) is 71.3 Å². The van der Waals surface area contributed by atoms with Crippen LogP contribution in [0.1, 0.15) is 28.8 Å². The molecule has 0 saturated carbocycles. The summed E-state index contributed by atoms with van der Waals surface area (Å²) in [6.07, 6.45) is 1.63. The van der Waals surface area contributed by atoms with Crippen LogP contribution in [-0.2, 0) is 11.2 Å². The van der Waals surface area contributed by atoms with Crippen molar-refractivity contribution in [3.8, 4) is 0 Å². The third-order valence-electron chi connectivity index (χ3n) is 4.77. The normalized spacial score (nSPS) is 14.7. The van der Waals surface area contributed by atoms with Gasteiger partial charge in [0.15, 0.2) is 0 Å². The first-order valence-electron chi connectivity index (χ1n) is 9.10. The van der Waals surface area contributed by atoms with E-state index in [4.69, 9.17) is 0 Å². The SMILES string of the molecule is O=C(CCc1ccc(F)cc1)N1CCCN(C(=O)c2ccc(F)cc2)CC1. The Labute approximate surface area is 157 Å². The third kappa shape index (κ3) is 5.12. The van der Waals surface area contributed by atoms with Gasteiger partial charge in [-0.2, -0.15) is 0 Å². The Morgan fingerprint density at radius 1 is 0.778 bits per heavy atom. The topological polar surface area (TPSA) is 40.6 Å². The molecule has 0 aliphatic carbocycles. The average molecular weight is 372 g/mol. The van der Waals surface area contributed by atoms with Gasteiger partial charge in [0, 0.05) is 38.2 Å². The molecule has 142 valence electrons. The maximum atomic E-state index is 13.0. The van der Waals surface area contributed by atoms with Gasteiger partial charge in [0.1, 0.15) is 11.6 Å². The summed E-state index contributed by atoms with van der Waals surface area (Å²) in [6, 6.07) is 11.7. The summed E-state index contributed by atoms with van der Waals surface area (Å²) >= 11 is 0. The standard InChI is InChI=1S/C21H22F2N2O2/c22-18-7-2-16(3-8-18)4-11-20(26)24-12-1-13-25(15-14-24)21(27)17-5-9-19(23)10-6-17/h2-3,5-10H,1,4,11-15H2. The lowest BCUT2D eigenvalue weighted by atomic mass is 10.1. The molecule has 0 spiro atoms. The lowest BCUT2D eigenvalue weighted by Gasteiger charge is -2.22. The van der Waals surface area contributed by atoms with E-state index < -0.39 is 0 Å². The van der Waals surface area contributed by atoms with Crippen molar-refractivity contribution in [1.29, 1.82) is 0 Å². The first kappa shape index (κ1) is 19.0. The molecule has 2 amide bonds. The highest BCUT2D eigenvalue weighted by Gasteiger charge is 2.22. The monoisotopic (exact) mass is 372 g/mol. The fourth-order valence-corrected chi connectivity index (χ4v) is 3.21. The summed E-state index contributed by atoms with van der Waals surface area (Å²) in [5.41, 5.74) is 1.38. The van der Waals surface area contributed by atoms with Crippen molar-refractivity contribution >= 4 is 11.8 Å². The Balaban J connectivity index is 1.52. The lowest BCUT2D eigenvalue weighted by molar-refractivity contribution is -0.131. The first-order chi connectivity index (χ1) is 13.0. The molecule has 1 aliphatic rings. The highest BCUT2D eigenvalue weighted by Crippen LogP contribution is 2.12. The Bertz CT molecular complexity index is 791. The molecule has 3 rings (SSSR count). The van der Waals surface area contributed by atoms with E-state index in [2.05, 4.69) is 0 Å². The number of hydrogen-bond acceptors (Lipinski definition) is 2. The van der Waals surface area contributed by atoms with Crippen molar-refractivity contribution in [1.82, 2.24) is 9.80 Å². The number of nitrogens with zero attached hydrogens (tertiary/aromatic N) is 2. The van der Waals surface area contributed by atoms with Crippen LogP contribution in [0, 0.1) is 11.6 Å². The highest BCUT2D eigenvalue weighted by molar-refractivity contribution is 5.94. The zero-order valence-electron chi connectivity index (χ0n) is 15.0. The van der Waals surface area contributed by atoms with Gasteiger partial charge in [0.25, 0.3) is 5.91 Å². The summed E-state index contributed by atoms with van der Waals surface area (Å²) in [5.74, 6) is -0.769. The van der Waals surface area contributed by atoms with E-state index in [1.807, 2.05) is 0 Å². The average Bonchev–Trinajstić information content (AvgIpc) is 2.94. The molecule has 0 N–H and O–H groups in total. The highest BCUT2D eigenvalue weighted by atomic mass is 19.1. The number of halogens is 2. The molecular formula is C21H22F2N2O2. The van der Waals surface area contributed by atoms with Crippen LogP contribution in [0.2, 0.25) is 0 Å². The summed E-state index contributed by atoms with van der Waals surface area (Å²) in [5, 5.41) is 0. The maximum Gasteiger partial charge on any atom is 0.253 e. The number of amides is 2. The van der Waals surface area contributed by atoms with Gasteiger partial charge < -0.3 is 9.80 Å². The van der Waals surface area contributed by atoms with E-state index in [0.717, 1.165) is 5.56 Å². The Kier molecular flexibility index (Phi) is 6.16. The van der Waals surface area contributed by atoms with Crippen LogP contribution in [0.5, 0.6) is 0 Å². The van der Waals surface area contributed by atoms with Gasteiger partial charge in [-0.3, -0.25) is 9.59 Å². The van der Waals surface area contributed by atoms with Crippen LogP contribution in [0.15, 0.2) is 48.5 Å². The molecule has 2 aromatic carbocycles. The molecule has 1 aliphatic heterocycles. The number of carbonyl (C=O) groups is 2. The fourth-order valence-electron chi connectivity index (χ4n) is 3.21. The van der Waals surface area contributed by atoms with E-state index in [-0.39, 0.29) is 23.4 Å². The molecule has 1 fully saturated rings. The summed E-state index contributed by atoms with van der Waals surface area (Å²) in [4.78, 5) is 28.5. The summed E-state index contributed by atoms with van der Waals surface area (Å²) < 4.78 is 26.0. The number of benzene rings is 2. The number of aryl methyl sites for hydroxylation is 1. The second-order valence-corrected chi connectivity index (χ2v) is 6.66. The van der Waals surface area contributed by atoms with Crippen molar-refractivity contribution in [2.24, 2.45) is 0 Å². The summed E-state index contributed by atoms with van der Waals surface area (Å²) in [6.45, 7) is 2.11. The zero-order chi connectivity index (χ0) is 19.2. The molecular weight excluding hydrogens is 350 g/mol. The van der Waals surface area contributed by atoms with Crippen LogP contribution in [0.4, 0.5) is 8.78 Å². The molecule has 1 saturated heterocycles. The van der Waals surface area contributed by atoms with Crippen molar-refractivity contribution in [2.75, 3.05) is 26.2 Å². The molecule has 0 bridgehead atoms. The largest absolute Gasteiger partial charge is 0.341 e. The van der Waals surface area contributed by atoms with Gasteiger partial charge in [-0.15, -0.1) is 0 Å². The molecule has 0 atom stereocenters. The minimum Gasteiger partial charge on any atom is -0.341 e. The predicted octanol–water partition coefficient (Wildman–Crippen LogP) is 3.27. The van der Waals surface area contributed by atoms with Crippen molar-refractivity contribution in [3.63, 3.8) is 0 Å². The second-order valence-electron chi connectivity index (χ2n) is 6.66. The van der Waals surface area contributed by atoms with Gasteiger partial charge in [0.2, 0.25) is 5.91 Å².